The Morgan fingerprint density at radius 1 is 1.29 bits per heavy atom. The lowest BCUT2D eigenvalue weighted by Crippen LogP contribution is -2.40. The third kappa shape index (κ3) is 3.61. The van der Waals surface area contributed by atoms with Gasteiger partial charge in [-0.15, -0.1) is 0 Å². The molecule has 0 saturated carbocycles. The van der Waals surface area contributed by atoms with E-state index in [4.69, 9.17) is 21.3 Å². The SMILES string of the molecule is CCOC(=O)N1CCC(C2c3ccc(Cl)cc3C(O)Cc3cccnc32)CC1. The maximum atomic E-state index is 12.1. The van der Waals surface area contributed by atoms with Gasteiger partial charge in [-0.3, -0.25) is 4.98 Å². The van der Waals surface area contributed by atoms with E-state index in [0.29, 0.717) is 37.1 Å². The van der Waals surface area contributed by atoms with Crippen LogP contribution < -0.4 is 0 Å². The predicted molar refractivity (Wildman–Crippen MR) is 108 cm³/mol. The van der Waals surface area contributed by atoms with E-state index < -0.39 is 6.10 Å². The molecule has 2 atom stereocenters. The molecule has 5 nitrogen and oxygen atoms in total. The van der Waals surface area contributed by atoms with Gasteiger partial charge in [0.05, 0.1) is 18.4 Å². The lowest BCUT2D eigenvalue weighted by molar-refractivity contribution is 0.0900. The number of nitrogens with zero attached hydrogens (tertiary/aromatic N) is 2. The minimum absolute atomic E-state index is 0.0879. The minimum Gasteiger partial charge on any atom is -0.450 e. The first-order chi connectivity index (χ1) is 13.6. The van der Waals surface area contributed by atoms with Gasteiger partial charge in [0.25, 0.3) is 0 Å². The van der Waals surface area contributed by atoms with Crippen LogP contribution in [0.5, 0.6) is 0 Å². The van der Waals surface area contributed by atoms with Gasteiger partial charge in [-0.1, -0.05) is 23.7 Å². The van der Waals surface area contributed by atoms with Gasteiger partial charge in [0.1, 0.15) is 0 Å². The molecule has 2 unspecified atom stereocenters. The van der Waals surface area contributed by atoms with E-state index in [1.807, 2.05) is 37.4 Å². The summed E-state index contributed by atoms with van der Waals surface area (Å²) < 4.78 is 5.15. The second-order valence-electron chi connectivity index (χ2n) is 7.54. The van der Waals surface area contributed by atoms with Crippen molar-refractivity contribution in [3.8, 4) is 0 Å². The Morgan fingerprint density at radius 3 is 2.82 bits per heavy atom. The van der Waals surface area contributed by atoms with Gasteiger partial charge in [-0.25, -0.2) is 4.79 Å². The number of fused-ring (bicyclic) bond motifs is 2. The number of halogens is 1. The molecule has 1 amide bonds. The topological polar surface area (TPSA) is 62.7 Å². The highest BCUT2D eigenvalue weighted by molar-refractivity contribution is 6.30. The standard InChI is InChI=1S/C22H25ClN2O3/c1-2-28-22(27)25-10-7-14(8-11-25)20-17-6-5-16(23)13-18(17)19(26)12-15-4-3-9-24-21(15)20/h3-6,9,13-14,19-20,26H,2,7-8,10-12H2,1H3. The number of carbonyl (C=O) groups excluding carboxylic acids is 1. The number of piperidine rings is 1. The van der Waals surface area contributed by atoms with E-state index in [0.717, 1.165) is 35.2 Å². The predicted octanol–water partition coefficient (Wildman–Crippen LogP) is 4.32. The van der Waals surface area contributed by atoms with Gasteiger partial charge < -0.3 is 14.7 Å². The molecule has 1 fully saturated rings. The second kappa shape index (κ2) is 8.10. The van der Waals surface area contributed by atoms with E-state index in [1.165, 1.54) is 0 Å². The molecule has 148 valence electrons. The summed E-state index contributed by atoms with van der Waals surface area (Å²) in [6.45, 7) is 3.57. The van der Waals surface area contributed by atoms with Gasteiger partial charge in [0.15, 0.2) is 0 Å². The molecule has 1 aliphatic carbocycles. The quantitative estimate of drug-likeness (QED) is 0.815. The van der Waals surface area contributed by atoms with Crippen molar-refractivity contribution in [2.24, 2.45) is 5.92 Å². The smallest absolute Gasteiger partial charge is 0.409 e. The molecule has 2 aliphatic rings. The number of carbonyl (C=O) groups is 1. The zero-order chi connectivity index (χ0) is 19.7. The second-order valence-corrected chi connectivity index (χ2v) is 7.98. The first-order valence-corrected chi connectivity index (χ1v) is 10.3. The van der Waals surface area contributed by atoms with Crippen LogP contribution in [0.2, 0.25) is 5.02 Å². The van der Waals surface area contributed by atoms with Gasteiger partial charge >= 0.3 is 6.09 Å². The molecule has 1 aromatic heterocycles. The summed E-state index contributed by atoms with van der Waals surface area (Å²) in [5, 5.41) is 11.5. The Hall–Kier alpha value is -2.11. The van der Waals surface area contributed by atoms with Crippen molar-refractivity contribution >= 4 is 17.7 Å². The van der Waals surface area contributed by atoms with Crippen molar-refractivity contribution in [1.82, 2.24) is 9.88 Å². The van der Waals surface area contributed by atoms with Crippen molar-refractivity contribution in [1.29, 1.82) is 0 Å². The number of hydrogen-bond donors (Lipinski definition) is 1. The summed E-state index contributed by atoms with van der Waals surface area (Å²) in [6, 6.07) is 9.79. The van der Waals surface area contributed by atoms with Crippen molar-refractivity contribution in [3.63, 3.8) is 0 Å². The molecule has 1 aliphatic heterocycles. The van der Waals surface area contributed by atoms with E-state index in [-0.39, 0.29) is 12.0 Å². The van der Waals surface area contributed by atoms with Crippen LogP contribution in [0.4, 0.5) is 4.79 Å². The average Bonchev–Trinajstić information content (AvgIpc) is 2.82. The van der Waals surface area contributed by atoms with Crippen LogP contribution in [0, 0.1) is 5.92 Å². The van der Waals surface area contributed by atoms with Crippen molar-refractivity contribution < 1.29 is 14.6 Å². The van der Waals surface area contributed by atoms with Crippen LogP contribution in [0.3, 0.4) is 0 Å². The first-order valence-electron chi connectivity index (χ1n) is 9.91. The normalized spacial score (nSPS) is 22.2. The zero-order valence-corrected chi connectivity index (χ0v) is 16.7. The highest BCUT2D eigenvalue weighted by Gasteiger charge is 2.36. The van der Waals surface area contributed by atoms with Crippen molar-refractivity contribution in [3.05, 3.63) is 63.9 Å². The number of hydrogen-bond acceptors (Lipinski definition) is 4. The van der Waals surface area contributed by atoms with Crippen LogP contribution >= 0.6 is 11.6 Å². The van der Waals surface area contributed by atoms with Gasteiger partial charge in [-0.2, -0.15) is 0 Å². The third-order valence-corrected chi connectivity index (χ3v) is 6.15. The largest absolute Gasteiger partial charge is 0.450 e. The molecule has 28 heavy (non-hydrogen) atoms. The summed E-state index contributed by atoms with van der Waals surface area (Å²) in [6.07, 6.45) is 3.28. The van der Waals surface area contributed by atoms with E-state index in [9.17, 15) is 9.90 Å². The lowest BCUT2D eigenvalue weighted by Gasteiger charge is -2.36. The van der Waals surface area contributed by atoms with Crippen molar-refractivity contribution in [2.45, 2.75) is 38.2 Å². The Balaban J connectivity index is 1.69. The zero-order valence-electron chi connectivity index (χ0n) is 16.0. The molecule has 2 aromatic rings. The van der Waals surface area contributed by atoms with E-state index >= 15 is 0 Å². The molecule has 1 saturated heterocycles. The Labute approximate surface area is 170 Å². The molecule has 6 heteroatoms. The molecular formula is C22H25ClN2O3. The summed E-state index contributed by atoms with van der Waals surface area (Å²) in [4.78, 5) is 18.6. The Kier molecular flexibility index (Phi) is 5.56. The molecular weight excluding hydrogens is 376 g/mol. The van der Waals surface area contributed by atoms with Crippen LogP contribution in [-0.4, -0.2) is 40.8 Å². The fraction of sp³-hybridized carbons (Fsp3) is 0.455. The van der Waals surface area contributed by atoms with Crippen LogP contribution in [0.25, 0.3) is 0 Å². The molecule has 0 bridgehead atoms. The molecule has 1 N–H and O–H groups in total. The van der Waals surface area contributed by atoms with E-state index in [1.54, 1.807) is 4.90 Å². The fourth-order valence-electron chi connectivity index (χ4n) is 4.59. The third-order valence-electron chi connectivity index (χ3n) is 5.91. The van der Waals surface area contributed by atoms with Crippen molar-refractivity contribution in [2.75, 3.05) is 19.7 Å². The fourth-order valence-corrected chi connectivity index (χ4v) is 4.77. The summed E-state index contributed by atoms with van der Waals surface area (Å²) >= 11 is 6.24. The number of pyridine rings is 1. The number of benzene rings is 1. The van der Waals surface area contributed by atoms with E-state index in [2.05, 4.69) is 6.07 Å². The summed E-state index contributed by atoms with van der Waals surface area (Å²) in [7, 11) is 0. The lowest BCUT2D eigenvalue weighted by atomic mass is 9.76. The summed E-state index contributed by atoms with van der Waals surface area (Å²) in [5.74, 6) is 0.425. The number of aromatic nitrogens is 1. The average molecular weight is 401 g/mol. The number of rotatable bonds is 2. The Morgan fingerprint density at radius 2 is 2.07 bits per heavy atom. The number of aliphatic hydroxyl groups excluding tert-OH is 1. The molecule has 0 spiro atoms. The number of amides is 1. The van der Waals surface area contributed by atoms with Crippen LogP contribution in [0.1, 0.15) is 54.2 Å². The van der Waals surface area contributed by atoms with Gasteiger partial charge in [0, 0.05) is 36.6 Å². The highest BCUT2D eigenvalue weighted by atomic mass is 35.5. The summed E-state index contributed by atoms with van der Waals surface area (Å²) in [5.41, 5.74) is 4.12. The molecule has 1 aromatic carbocycles. The van der Waals surface area contributed by atoms with Crippen LogP contribution in [-0.2, 0) is 11.2 Å². The van der Waals surface area contributed by atoms with Gasteiger partial charge in [0.2, 0.25) is 0 Å². The monoisotopic (exact) mass is 400 g/mol. The minimum atomic E-state index is -0.596. The molecule has 2 heterocycles. The maximum Gasteiger partial charge on any atom is 0.409 e. The Bertz CT molecular complexity index is 865. The molecule has 0 radical (unpaired) electrons. The number of aliphatic hydroxyl groups is 1. The molecule has 4 rings (SSSR count). The maximum absolute atomic E-state index is 12.1. The van der Waals surface area contributed by atoms with Gasteiger partial charge in [-0.05, 0) is 60.6 Å². The highest BCUT2D eigenvalue weighted by Crippen LogP contribution is 2.44. The number of ether oxygens (including phenoxy) is 1. The number of likely N-dealkylation sites (tertiary alicyclic amines) is 1. The van der Waals surface area contributed by atoms with Crippen LogP contribution in [0.15, 0.2) is 36.5 Å². The first kappa shape index (κ1) is 19.2.